The summed E-state index contributed by atoms with van der Waals surface area (Å²) in [4.78, 5) is 30.8. The summed E-state index contributed by atoms with van der Waals surface area (Å²) in [5.41, 5.74) is 0. The Balaban J connectivity index is 3.50. The molecule has 11 heteroatoms. The van der Waals surface area contributed by atoms with Crippen molar-refractivity contribution in [2.45, 2.75) is 0 Å². The molecule has 0 aliphatic heterocycles. The third kappa shape index (κ3) is 15.7. The molecule has 0 amide bonds. The van der Waals surface area contributed by atoms with Gasteiger partial charge in [0.2, 0.25) is 0 Å². The summed E-state index contributed by atoms with van der Waals surface area (Å²) >= 11 is 0. The molecule has 1 N–H and O–H groups in total. The highest BCUT2D eigenvalue weighted by Crippen LogP contribution is 2.42. The lowest BCUT2D eigenvalue weighted by Crippen LogP contribution is -2.12. The number of phosphoric acid groups is 1. The lowest BCUT2D eigenvalue weighted by molar-refractivity contribution is -0.140. The highest BCUT2D eigenvalue weighted by Gasteiger charge is 2.20. The van der Waals surface area contributed by atoms with Gasteiger partial charge in [-0.05, 0) is 0 Å². The number of carbonyl (C=O) groups is 2. The number of rotatable bonds is 16. The number of carbonyl (C=O) groups excluding carboxylic acids is 2. The third-order valence-electron chi connectivity index (χ3n) is 2.24. The van der Waals surface area contributed by atoms with Gasteiger partial charge in [0.15, 0.2) is 0 Å². The Morgan fingerprint density at radius 3 is 1.48 bits per heavy atom. The Morgan fingerprint density at radius 1 is 0.760 bits per heavy atom. The van der Waals surface area contributed by atoms with Crippen LogP contribution in [0.1, 0.15) is 0 Å². The Bertz CT molecular complexity index is 427. The van der Waals surface area contributed by atoms with Gasteiger partial charge < -0.3 is 23.8 Å². The molecule has 0 aliphatic carbocycles. The van der Waals surface area contributed by atoms with Gasteiger partial charge in [0.1, 0.15) is 13.2 Å². The van der Waals surface area contributed by atoms with Crippen LogP contribution in [0.25, 0.3) is 0 Å². The highest BCUT2D eigenvalue weighted by atomic mass is 31.2. The number of phosphoric ester groups is 1. The first kappa shape index (κ1) is 23.4. The van der Waals surface area contributed by atoms with Crippen molar-refractivity contribution in [3.8, 4) is 0 Å². The van der Waals surface area contributed by atoms with Gasteiger partial charge in [-0.1, -0.05) is 13.2 Å². The van der Waals surface area contributed by atoms with Gasteiger partial charge in [-0.15, -0.1) is 0 Å². The summed E-state index contributed by atoms with van der Waals surface area (Å²) in [6.45, 7) is 6.45. The molecule has 0 saturated heterocycles. The molecule has 0 saturated carbocycles. The first-order valence-corrected chi connectivity index (χ1v) is 8.76. The van der Waals surface area contributed by atoms with E-state index in [2.05, 4.69) is 31.7 Å². The monoisotopic (exact) mass is 382 g/mol. The third-order valence-corrected chi connectivity index (χ3v) is 3.26. The van der Waals surface area contributed by atoms with Gasteiger partial charge >= 0.3 is 19.8 Å². The lowest BCUT2D eigenvalue weighted by Gasteiger charge is -2.12. The molecule has 0 heterocycles. The fraction of sp³-hybridized carbons (Fsp3) is 0.571. The van der Waals surface area contributed by atoms with Gasteiger partial charge in [-0.3, -0.25) is 9.05 Å². The molecule has 0 rings (SSSR count). The van der Waals surface area contributed by atoms with Crippen LogP contribution in [0.2, 0.25) is 0 Å². The van der Waals surface area contributed by atoms with Crippen LogP contribution in [0.4, 0.5) is 0 Å². The largest absolute Gasteiger partial charge is 0.472 e. The zero-order chi connectivity index (χ0) is 19.0. The average Bonchev–Trinajstić information content (AvgIpc) is 2.59. The van der Waals surface area contributed by atoms with Gasteiger partial charge in [-0.25, -0.2) is 14.2 Å². The van der Waals surface area contributed by atoms with E-state index in [0.717, 1.165) is 12.2 Å². The van der Waals surface area contributed by atoms with E-state index in [-0.39, 0.29) is 52.9 Å². The number of hydrogen-bond acceptors (Lipinski definition) is 9. The molecule has 0 unspecified atom stereocenters. The van der Waals surface area contributed by atoms with Crippen LogP contribution in [0, 0.1) is 0 Å². The van der Waals surface area contributed by atoms with Crippen molar-refractivity contribution in [2.75, 3.05) is 52.9 Å². The van der Waals surface area contributed by atoms with Crippen LogP contribution in [0.3, 0.4) is 0 Å². The molecular formula is C14H23O10P. The molecule has 0 atom stereocenters. The maximum Gasteiger partial charge on any atom is 0.472 e. The smallest absolute Gasteiger partial charge is 0.460 e. The van der Waals surface area contributed by atoms with E-state index in [1.807, 2.05) is 0 Å². The first-order valence-electron chi connectivity index (χ1n) is 7.27. The minimum absolute atomic E-state index is 0.0186. The summed E-state index contributed by atoms with van der Waals surface area (Å²) in [5.74, 6) is -1.12. The van der Waals surface area contributed by atoms with Crippen molar-refractivity contribution in [3.05, 3.63) is 25.3 Å². The molecule has 10 nitrogen and oxygen atoms in total. The van der Waals surface area contributed by atoms with Crippen molar-refractivity contribution < 1.29 is 47.0 Å². The van der Waals surface area contributed by atoms with Crippen LogP contribution < -0.4 is 0 Å². The van der Waals surface area contributed by atoms with Gasteiger partial charge in [0, 0.05) is 12.2 Å². The molecule has 25 heavy (non-hydrogen) atoms. The molecule has 0 aromatic rings. The minimum atomic E-state index is -4.20. The van der Waals surface area contributed by atoms with E-state index in [1.165, 1.54) is 0 Å². The lowest BCUT2D eigenvalue weighted by atomic mass is 10.6. The van der Waals surface area contributed by atoms with E-state index in [0.29, 0.717) is 0 Å². The number of esters is 2. The molecule has 0 fully saturated rings. The Labute approximate surface area is 145 Å². The fourth-order valence-electron chi connectivity index (χ4n) is 1.18. The normalized spacial score (nSPS) is 10.9. The zero-order valence-electron chi connectivity index (χ0n) is 13.8. The molecule has 0 aliphatic rings. The van der Waals surface area contributed by atoms with Crippen LogP contribution in [-0.2, 0) is 42.1 Å². The van der Waals surface area contributed by atoms with Crippen molar-refractivity contribution in [1.82, 2.24) is 0 Å². The summed E-state index contributed by atoms with van der Waals surface area (Å²) in [6, 6.07) is 0. The molecule has 0 radical (unpaired) electrons. The standard InChI is InChI=1S/C14H23O10P/c1-3-13(15)21-9-5-19-7-11-23-25(17,18)24-12-8-20-6-10-22-14(16)4-2/h3-4H,1-2,5-12H2,(H,17,18). The quantitative estimate of drug-likeness (QED) is 0.176. The van der Waals surface area contributed by atoms with Crippen LogP contribution in [0.5, 0.6) is 0 Å². The van der Waals surface area contributed by atoms with E-state index in [4.69, 9.17) is 9.47 Å². The molecule has 0 bridgehead atoms. The Kier molecular flexibility index (Phi) is 13.8. The Morgan fingerprint density at radius 2 is 1.12 bits per heavy atom. The topological polar surface area (TPSA) is 127 Å². The van der Waals surface area contributed by atoms with Gasteiger partial charge in [-0.2, -0.15) is 0 Å². The highest BCUT2D eigenvalue weighted by molar-refractivity contribution is 7.47. The van der Waals surface area contributed by atoms with Crippen molar-refractivity contribution >= 4 is 19.8 Å². The maximum absolute atomic E-state index is 11.5. The zero-order valence-corrected chi connectivity index (χ0v) is 14.7. The summed E-state index contributed by atoms with van der Waals surface area (Å²) in [7, 11) is -4.20. The minimum Gasteiger partial charge on any atom is -0.460 e. The summed E-state index contributed by atoms with van der Waals surface area (Å²) in [6.07, 6.45) is 2.06. The number of ether oxygens (including phenoxy) is 4. The Hall–Kier alpha value is -1.55. The fourth-order valence-corrected chi connectivity index (χ4v) is 1.87. The molecule has 144 valence electrons. The number of hydrogen-bond donors (Lipinski definition) is 1. The van der Waals surface area contributed by atoms with Crippen LogP contribution in [0.15, 0.2) is 25.3 Å². The second kappa shape index (κ2) is 14.8. The second-order valence-corrected chi connectivity index (χ2v) is 5.56. The molecule has 0 aromatic heterocycles. The molecule has 0 aromatic carbocycles. The van der Waals surface area contributed by atoms with Gasteiger partial charge in [0.25, 0.3) is 0 Å². The van der Waals surface area contributed by atoms with Crippen molar-refractivity contribution in [1.29, 1.82) is 0 Å². The average molecular weight is 382 g/mol. The van der Waals surface area contributed by atoms with Crippen LogP contribution in [-0.4, -0.2) is 69.7 Å². The van der Waals surface area contributed by atoms with E-state index in [1.54, 1.807) is 0 Å². The molecular weight excluding hydrogens is 359 g/mol. The predicted molar refractivity (Wildman–Crippen MR) is 85.7 cm³/mol. The first-order chi connectivity index (χ1) is 11.9. The van der Waals surface area contributed by atoms with Gasteiger partial charge in [0.05, 0.1) is 39.6 Å². The predicted octanol–water partition coefficient (Wildman–Crippen LogP) is 0.612. The van der Waals surface area contributed by atoms with E-state index in [9.17, 15) is 19.0 Å². The van der Waals surface area contributed by atoms with Crippen molar-refractivity contribution in [3.63, 3.8) is 0 Å². The van der Waals surface area contributed by atoms with E-state index >= 15 is 0 Å². The molecule has 0 spiro atoms. The SMILES string of the molecule is C=CC(=O)OCCOCCOP(=O)(O)OCCOCCOC(=O)C=C. The van der Waals surface area contributed by atoms with Crippen molar-refractivity contribution in [2.24, 2.45) is 0 Å². The summed E-state index contributed by atoms with van der Waals surface area (Å²) < 4.78 is 40.2. The summed E-state index contributed by atoms with van der Waals surface area (Å²) in [5, 5.41) is 0. The second-order valence-electron chi connectivity index (χ2n) is 4.10. The maximum atomic E-state index is 11.5. The van der Waals surface area contributed by atoms with E-state index < -0.39 is 19.8 Å². The van der Waals surface area contributed by atoms with Crippen LogP contribution >= 0.6 is 7.82 Å².